The molecule has 0 saturated heterocycles. The number of aliphatic hydroxyl groups excluding tert-OH is 1. The van der Waals surface area contributed by atoms with Crippen molar-refractivity contribution in [3.63, 3.8) is 0 Å². The van der Waals surface area contributed by atoms with E-state index >= 15 is 0 Å². The van der Waals surface area contributed by atoms with Crippen LogP contribution in [0, 0.1) is 12.8 Å². The van der Waals surface area contributed by atoms with Crippen molar-refractivity contribution >= 4 is 11.6 Å². The Kier molecular flexibility index (Phi) is 7.09. The quantitative estimate of drug-likeness (QED) is 0.619. The molecular weight excluding hydrogens is 160 g/mol. The average Bonchev–Trinajstić information content (AvgIpc) is 2.01. The minimum Gasteiger partial charge on any atom is -0.396 e. The Hall–Kier alpha value is 0.250. The molecule has 0 spiro atoms. The van der Waals surface area contributed by atoms with Gasteiger partial charge >= 0.3 is 0 Å². The smallest absolute Gasteiger partial charge is 0.0456 e. The van der Waals surface area contributed by atoms with Crippen LogP contribution in [-0.2, 0) is 0 Å². The highest BCUT2D eigenvalue weighted by Crippen LogP contribution is 2.15. The summed E-state index contributed by atoms with van der Waals surface area (Å²) in [4.78, 5) is 0. The van der Waals surface area contributed by atoms with Crippen LogP contribution >= 0.6 is 11.6 Å². The van der Waals surface area contributed by atoms with Crippen LogP contribution < -0.4 is 0 Å². The Balaban J connectivity index is 3.22. The van der Waals surface area contributed by atoms with Crippen molar-refractivity contribution in [1.29, 1.82) is 0 Å². The summed E-state index contributed by atoms with van der Waals surface area (Å²) in [5.74, 6) is 0.390. The van der Waals surface area contributed by atoms with E-state index in [1.54, 1.807) is 0 Å². The number of hydrogen-bond donors (Lipinski definition) is 1. The molecule has 0 aliphatic carbocycles. The zero-order chi connectivity index (χ0) is 8.69. The van der Waals surface area contributed by atoms with E-state index in [1.807, 2.05) is 6.92 Å². The van der Waals surface area contributed by atoms with Gasteiger partial charge in [-0.05, 0) is 25.2 Å². The van der Waals surface area contributed by atoms with Gasteiger partial charge in [-0.2, -0.15) is 0 Å². The number of rotatable bonds is 6. The predicted molar refractivity (Wildman–Crippen MR) is 49.7 cm³/mol. The maximum atomic E-state index is 8.72. The van der Waals surface area contributed by atoms with E-state index in [-0.39, 0.29) is 12.0 Å². The first-order valence-electron chi connectivity index (χ1n) is 4.24. The van der Waals surface area contributed by atoms with Gasteiger partial charge in [0.1, 0.15) is 0 Å². The highest BCUT2D eigenvalue weighted by atomic mass is 35.5. The van der Waals surface area contributed by atoms with Crippen molar-refractivity contribution in [1.82, 2.24) is 0 Å². The molecule has 0 amide bonds. The molecular formula is C9H18ClO. The summed E-state index contributed by atoms with van der Waals surface area (Å²) in [5, 5.41) is 8.97. The van der Waals surface area contributed by atoms with E-state index in [2.05, 4.69) is 6.92 Å². The molecule has 0 heterocycles. The normalized spacial score (nSPS) is 16.4. The van der Waals surface area contributed by atoms with Gasteiger partial charge in [0.15, 0.2) is 0 Å². The summed E-state index contributed by atoms with van der Waals surface area (Å²) < 4.78 is 0. The van der Waals surface area contributed by atoms with E-state index in [0.717, 1.165) is 25.7 Å². The van der Waals surface area contributed by atoms with Gasteiger partial charge < -0.3 is 5.11 Å². The van der Waals surface area contributed by atoms with E-state index in [1.165, 1.54) is 0 Å². The highest BCUT2D eigenvalue weighted by Gasteiger charge is 2.05. The van der Waals surface area contributed by atoms with Crippen LogP contribution in [0.3, 0.4) is 0 Å². The molecule has 1 N–H and O–H groups in total. The first-order chi connectivity index (χ1) is 5.20. The van der Waals surface area contributed by atoms with E-state index in [9.17, 15) is 0 Å². The second kappa shape index (κ2) is 6.93. The summed E-state index contributed by atoms with van der Waals surface area (Å²) in [6, 6.07) is 0. The zero-order valence-corrected chi connectivity index (χ0v) is 7.98. The van der Waals surface area contributed by atoms with Gasteiger partial charge in [0.05, 0.1) is 0 Å². The fourth-order valence-corrected chi connectivity index (χ4v) is 1.20. The van der Waals surface area contributed by atoms with Gasteiger partial charge in [-0.1, -0.05) is 20.3 Å². The minimum absolute atomic E-state index is 0.251. The van der Waals surface area contributed by atoms with Gasteiger partial charge in [-0.25, -0.2) is 0 Å². The Morgan fingerprint density at radius 3 is 2.45 bits per heavy atom. The molecule has 1 radical (unpaired) electrons. The molecule has 0 fully saturated rings. The minimum atomic E-state index is 0.251. The largest absolute Gasteiger partial charge is 0.396 e. The summed E-state index contributed by atoms with van der Waals surface area (Å²) in [6.45, 7) is 6.05. The lowest BCUT2D eigenvalue weighted by Gasteiger charge is -2.10. The van der Waals surface area contributed by atoms with E-state index in [0.29, 0.717) is 5.92 Å². The van der Waals surface area contributed by atoms with Crippen LogP contribution in [-0.4, -0.2) is 17.1 Å². The van der Waals surface area contributed by atoms with Crippen LogP contribution in [0.2, 0.25) is 0 Å². The van der Waals surface area contributed by atoms with E-state index < -0.39 is 0 Å². The predicted octanol–water partition coefficient (Wildman–Crippen LogP) is 2.62. The van der Waals surface area contributed by atoms with Crippen molar-refractivity contribution < 1.29 is 5.11 Å². The lowest BCUT2D eigenvalue weighted by Crippen LogP contribution is -2.05. The molecule has 2 unspecified atom stereocenters. The zero-order valence-electron chi connectivity index (χ0n) is 7.22. The molecule has 67 valence electrons. The Labute approximate surface area is 74.8 Å². The van der Waals surface area contributed by atoms with Gasteiger partial charge in [0.25, 0.3) is 0 Å². The molecule has 0 rings (SSSR count). The summed E-state index contributed by atoms with van der Waals surface area (Å²) in [5.41, 5.74) is 0. The first-order valence-corrected chi connectivity index (χ1v) is 4.68. The maximum Gasteiger partial charge on any atom is 0.0456 e. The first kappa shape index (κ1) is 11.2. The molecule has 0 aromatic rings. The SMILES string of the molecule is [CH2]CCC(Cl)CCC(C)CO. The topological polar surface area (TPSA) is 20.2 Å². The number of alkyl halides is 1. The fraction of sp³-hybridized carbons (Fsp3) is 0.889. The molecule has 0 aliphatic heterocycles. The maximum absolute atomic E-state index is 8.72. The third-order valence-corrected chi connectivity index (χ3v) is 2.24. The Bertz CT molecular complexity index is 85.6. The van der Waals surface area contributed by atoms with Crippen LogP contribution in [0.25, 0.3) is 0 Å². The van der Waals surface area contributed by atoms with Crippen molar-refractivity contribution in [3.05, 3.63) is 6.92 Å². The van der Waals surface area contributed by atoms with Crippen molar-refractivity contribution in [2.24, 2.45) is 5.92 Å². The second-order valence-electron chi connectivity index (χ2n) is 3.10. The molecule has 0 aromatic heterocycles. The van der Waals surface area contributed by atoms with Crippen LogP contribution in [0.15, 0.2) is 0 Å². The van der Waals surface area contributed by atoms with Crippen LogP contribution in [0.1, 0.15) is 32.6 Å². The fourth-order valence-electron chi connectivity index (χ4n) is 0.922. The monoisotopic (exact) mass is 177 g/mol. The van der Waals surface area contributed by atoms with Gasteiger partial charge in [0, 0.05) is 12.0 Å². The summed E-state index contributed by atoms with van der Waals surface area (Å²) >= 11 is 5.96. The lowest BCUT2D eigenvalue weighted by molar-refractivity contribution is 0.227. The Morgan fingerprint density at radius 2 is 2.00 bits per heavy atom. The van der Waals surface area contributed by atoms with Crippen molar-refractivity contribution in [2.45, 2.75) is 38.0 Å². The molecule has 0 aromatic carbocycles. The standard InChI is InChI=1S/C9H18ClO/c1-3-4-9(10)6-5-8(2)7-11/h8-9,11H,1,3-7H2,2H3. The molecule has 2 atom stereocenters. The molecule has 11 heavy (non-hydrogen) atoms. The third-order valence-electron chi connectivity index (χ3n) is 1.80. The summed E-state index contributed by atoms with van der Waals surface area (Å²) in [7, 11) is 0. The van der Waals surface area contributed by atoms with Crippen molar-refractivity contribution in [3.8, 4) is 0 Å². The number of hydrogen-bond acceptors (Lipinski definition) is 1. The van der Waals surface area contributed by atoms with Gasteiger partial charge in [-0.3, -0.25) is 0 Å². The summed E-state index contributed by atoms with van der Waals surface area (Å²) in [6.07, 6.45) is 3.91. The lowest BCUT2D eigenvalue weighted by atomic mass is 10.0. The highest BCUT2D eigenvalue weighted by molar-refractivity contribution is 6.20. The number of aliphatic hydroxyl groups is 1. The van der Waals surface area contributed by atoms with Crippen LogP contribution in [0.5, 0.6) is 0 Å². The van der Waals surface area contributed by atoms with Crippen LogP contribution in [0.4, 0.5) is 0 Å². The van der Waals surface area contributed by atoms with Gasteiger partial charge in [-0.15, -0.1) is 11.6 Å². The Morgan fingerprint density at radius 1 is 1.36 bits per heavy atom. The average molecular weight is 178 g/mol. The number of halogens is 1. The molecule has 0 aliphatic rings. The third kappa shape index (κ3) is 6.64. The van der Waals surface area contributed by atoms with E-state index in [4.69, 9.17) is 16.7 Å². The van der Waals surface area contributed by atoms with Crippen molar-refractivity contribution in [2.75, 3.05) is 6.61 Å². The molecule has 0 saturated carbocycles. The second-order valence-corrected chi connectivity index (χ2v) is 3.72. The molecule has 2 heteroatoms. The molecule has 1 nitrogen and oxygen atoms in total. The van der Waals surface area contributed by atoms with Gasteiger partial charge in [0.2, 0.25) is 0 Å². The molecule has 0 bridgehead atoms.